The van der Waals surface area contributed by atoms with Crippen LogP contribution < -0.4 is 4.57 Å². The summed E-state index contributed by atoms with van der Waals surface area (Å²) in [6, 6.07) is 30.4. The maximum absolute atomic E-state index is 11.7. The fourth-order valence-electron chi connectivity index (χ4n) is 5.23. The third-order valence-electron chi connectivity index (χ3n) is 7.43. The summed E-state index contributed by atoms with van der Waals surface area (Å²) in [5.74, 6) is -1.86. The van der Waals surface area contributed by atoms with Crippen LogP contribution in [0.3, 0.4) is 0 Å². The lowest BCUT2D eigenvalue weighted by Crippen LogP contribution is -2.35. The molecule has 6 nitrogen and oxygen atoms in total. The molecular weight excluding hydrogens is 639 g/mol. The van der Waals surface area contributed by atoms with Gasteiger partial charge in [0.2, 0.25) is 10.0 Å². The summed E-state index contributed by atoms with van der Waals surface area (Å²) in [7, 11) is 0. The molecule has 0 amide bonds. The molecule has 1 aromatic heterocycles. The molecule has 0 fully saturated rings. The first kappa shape index (κ1) is 29.3. The number of hydrogen-bond donors (Lipinski definition) is 2. The first-order chi connectivity index (χ1) is 20.4. The topological polar surface area (TPSA) is 83.4 Å². The number of carbonyl (C=O) groups is 2. The quantitative estimate of drug-likeness (QED) is 0.112. The van der Waals surface area contributed by atoms with Crippen LogP contribution in [-0.2, 0) is 19.5 Å². The van der Waals surface area contributed by atoms with Crippen LogP contribution >= 0.6 is 22.6 Å². The molecule has 0 unspecified atom stereocenters. The van der Waals surface area contributed by atoms with Crippen LogP contribution in [0.1, 0.15) is 57.3 Å². The maximum Gasteiger partial charge on any atom is 0.336 e. The molecule has 5 rings (SSSR count). The summed E-state index contributed by atoms with van der Waals surface area (Å²) in [6.07, 6.45) is 5.37. The van der Waals surface area contributed by atoms with Gasteiger partial charge in [-0.05, 0) is 51.9 Å². The molecule has 0 aliphatic carbocycles. The van der Waals surface area contributed by atoms with Crippen molar-refractivity contribution in [2.45, 2.75) is 39.3 Å². The van der Waals surface area contributed by atoms with Crippen molar-refractivity contribution in [1.29, 1.82) is 0 Å². The number of carboxylic acids is 2. The van der Waals surface area contributed by atoms with Gasteiger partial charge in [-0.15, -0.1) is 0 Å². The van der Waals surface area contributed by atoms with Gasteiger partial charge in [0, 0.05) is 29.0 Å². The third kappa shape index (κ3) is 6.46. The Morgan fingerprint density at radius 3 is 1.74 bits per heavy atom. The zero-order valence-electron chi connectivity index (χ0n) is 23.3. The second-order valence-corrected chi connectivity index (χ2v) is 11.3. The Morgan fingerprint density at radius 1 is 0.738 bits per heavy atom. The van der Waals surface area contributed by atoms with Gasteiger partial charge < -0.3 is 10.2 Å². The number of aromatic nitrogens is 2. The van der Waals surface area contributed by atoms with E-state index >= 15 is 0 Å². The summed E-state index contributed by atoms with van der Waals surface area (Å²) in [6.45, 7) is 3.62. The van der Waals surface area contributed by atoms with Crippen molar-refractivity contribution in [3.63, 3.8) is 0 Å². The molecule has 0 aliphatic heterocycles. The van der Waals surface area contributed by atoms with Crippen molar-refractivity contribution in [1.82, 2.24) is 4.57 Å². The number of benzene rings is 4. The van der Waals surface area contributed by atoms with Gasteiger partial charge in [-0.2, -0.15) is 0 Å². The first-order valence-corrected chi connectivity index (χ1v) is 15.0. The maximum atomic E-state index is 11.7. The molecule has 0 bridgehead atoms. The van der Waals surface area contributed by atoms with Crippen LogP contribution in [-0.4, -0.2) is 26.7 Å². The highest BCUT2D eigenvalue weighted by Crippen LogP contribution is 2.26. The largest absolute Gasteiger partial charge is 0.478 e. The van der Waals surface area contributed by atoms with Gasteiger partial charge in [0.25, 0.3) is 0 Å². The summed E-state index contributed by atoms with van der Waals surface area (Å²) in [5.41, 5.74) is 7.36. The summed E-state index contributed by atoms with van der Waals surface area (Å²) in [4.78, 5) is 23.4. The minimum Gasteiger partial charge on any atom is -0.478 e. The van der Waals surface area contributed by atoms with Gasteiger partial charge in [-0.1, -0.05) is 98.3 Å². The smallest absolute Gasteiger partial charge is 0.336 e. The number of hydrogen-bond acceptors (Lipinski definition) is 2. The van der Waals surface area contributed by atoms with Crippen molar-refractivity contribution in [2.24, 2.45) is 0 Å². The van der Waals surface area contributed by atoms with E-state index in [0.717, 1.165) is 41.5 Å². The minimum absolute atomic E-state index is 0.297. The van der Waals surface area contributed by atoms with E-state index in [4.69, 9.17) is 0 Å². The molecule has 0 atom stereocenters. The van der Waals surface area contributed by atoms with E-state index in [0.29, 0.717) is 35.3 Å². The van der Waals surface area contributed by atoms with Gasteiger partial charge in [-0.3, -0.25) is 0 Å². The normalized spacial score (nSPS) is 11.0. The Morgan fingerprint density at radius 2 is 1.24 bits per heavy atom. The summed E-state index contributed by atoms with van der Waals surface area (Å²) >= 11 is 2.44. The number of rotatable bonds is 11. The van der Waals surface area contributed by atoms with E-state index in [1.54, 1.807) is 24.3 Å². The predicted octanol–water partition coefficient (Wildman–Crippen LogP) is 7.55. The number of aromatic carboxylic acids is 2. The van der Waals surface area contributed by atoms with Crippen LogP contribution in [0.5, 0.6) is 0 Å². The highest BCUT2D eigenvalue weighted by atomic mass is 127. The summed E-state index contributed by atoms with van der Waals surface area (Å²) < 4.78 is 5.78. The van der Waals surface area contributed by atoms with E-state index in [1.807, 2.05) is 48.5 Å². The molecule has 1 heterocycles. The SMILES string of the molecule is CCCCc1c(I)[n+](Cc2ccc(-c3ccccc3C(=O)O)cc2)cn1Cc1ccc(-c2ccccc2C(=O)O)cc1. The molecule has 0 saturated heterocycles. The van der Waals surface area contributed by atoms with Crippen LogP contribution in [0.15, 0.2) is 103 Å². The molecule has 5 aromatic rings. The Kier molecular flexibility index (Phi) is 9.17. The van der Waals surface area contributed by atoms with Crippen LogP contribution in [0, 0.1) is 3.70 Å². The first-order valence-electron chi connectivity index (χ1n) is 14.0. The minimum atomic E-state index is -0.930. The highest BCUT2D eigenvalue weighted by Gasteiger charge is 2.22. The highest BCUT2D eigenvalue weighted by molar-refractivity contribution is 14.1. The van der Waals surface area contributed by atoms with Gasteiger partial charge >= 0.3 is 11.9 Å². The molecule has 0 saturated carbocycles. The number of carboxylic acid groups (broad SMARTS) is 2. The molecule has 0 spiro atoms. The molecule has 7 heteroatoms. The van der Waals surface area contributed by atoms with Gasteiger partial charge in [0.1, 0.15) is 13.1 Å². The van der Waals surface area contributed by atoms with E-state index in [9.17, 15) is 19.8 Å². The van der Waals surface area contributed by atoms with Crippen molar-refractivity contribution < 1.29 is 24.4 Å². The van der Waals surface area contributed by atoms with Crippen molar-refractivity contribution in [3.05, 3.63) is 135 Å². The average Bonchev–Trinajstić information content (AvgIpc) is 3.29. The number of halogens is 1. The number of nitrogens with zero attached hydrogens (tertiary/aromatic N) is 2. The van der Waals surface area contributed by atoms with Gasteiger partial charge in [0.05, 0.1) is 11.1 Å². The lowest BCUT2D eigenvalue weighted by atomic mass is 9.99. The van der Waals surface area contributed by atoms with Crippen LogP contribution in [0.25, 0.3) is 22.3 Å². The zero-order chi connectivity index (χ0) is 29.6. The Labute approximate surface area is 259 Å². The van der Waals surface area contributed by atoms with Crippen LogP contribution in [0.2, 0.25) is 0 Å². The monoisotopic (exact) mass is 671 g/mol. The molecule has 4 aromatic carbocycles. The molecule has 0 radical (unpaired) electrons. The standard InChI is InChI=1S/C35H31IN2O4/c1-2-3-12-32-33(36)38(22-25-15-19-27(20-16-25)29-9-5-7-11-31(29)35(41)42)23-37(32)21-24-13-17-26(18-14-24)28-8-4-6-10-30(28)34(39)40/h4-11,13-20,23H,2-3,12,21-22H2,1H3,(H-,39,40,41,42)/p+1. The van der Waals surface area contributed by atoms with Crippen molar-refractivity contribution >= 4 is 34.5 Å². The van der Waals surface area contributed by atoms with Gasteiger partial charge in [0.15, 0.2) is 5.69 Å². The van der Waals surface area contributed by atoms with E-state index < -0.39 is 11.9 Å². The zero-order valence-corrected chi connectivity index (χ0v) is 25.5. The lowest BCUT2D eigenvalue weighted by molar-refractivity contribution is -0.700. The van der Waals surface area contributed by atoms with E-state index in [-0.39, 0.29) is 0 Å². The second-order valence-electron chi connectivity index (χ2n) is 10.3. The van der Waals surface area contributed by atoms with Crippen molar-refractivity contribution in [2.75, 3.05) is 0 Å². The van der Waals surface area contributed by atoms with Crippen LogP contribution in [0.4, 0.5) is 0 Å². The molecule has 2 N–H and O–H groups in total. The molecular formula is C35H32IN2O4+. The third-order valence-corrected chi connectivity index (χ3v) is 8.68. The van der Waals surface area contributed by atoms with E-state index in [2.05, 4.69) is 69.2 Å². The summed E-state index contributed by atoms with van der Waals surface area (Å²) in [5, 5.41) is 19.2. The second kappa shape index (κ2) is 13.2. The Bertz CT molecular complexity index is 1720. The predicted molar refractivity (Wildman–Crippen MR) is 172 cm³/mol. The Hall–Kier alpha value is -4.24. The number of imidazole rings is 1. The van der Waals surface area contributed by atoms with E-state index in [1.165, 1.54) is 9.39 Å². The molecule has 212 valence electrons. The van der Waals surface area contributed by atoms with Gasteiger partial charge in [-0.25, -0.2) is 18.7 Å². The lowest BCUT2D eigenvalue weighted by Gasteiger charge is -2.07. The average molecular weight is 672 g/mol. The fourth-order valence-corrected chi connectivity index (χ4v) is 6.10. The fraction of sp³-hybridized carbons (Fsp3) is 0.171. The van der Waals surface area contributed by atoms with Crippen molar-refractivity contribution in [3.8, 4) is 22.3 Å². The number of unbranched alkanes of at least 4 members (excludes halogenated alkanes) is 1. The molecule has 42 heavy (non-hydrogen) atoms. The molecule has 0 aliphatic rings. The Balaban J connectivity index is 1.38.